The van der Waals surface area contributed by atoms with E-state index in [0.29, 0.717) is 15.8 Å². The number of rotatable bonds is 8. The molecule has 1 N–H and O–H groups in total. The molecule has 0 unspecified atom stereocenters. The Kier molecular flexibility index (Phi) is 8.35. The van der Waals surface area contributed by atoms with Crippen LogP contribution < -0.4 is 10.1 Å². The fourth-order valence-corrected chi connectivity index (χ4v) is 3.20. The standard InChI is InChI=1S/C22H26Cl2N2O3/c1-14(2)25-22(28)15(3)26(13-17-6-5-7-18(10-17)29-4)21(27)12-16-8-9-19(23)20(24)11-16/h5-11,14-15H,12-13H2,1-4H3,(H,25,28)/t15-/m0/s1. The van der Waals surface area contributed by atoms with Crippen molar-refractivity contribution in [1.29, 1.82) is 0 Å². The van der Waals surface area contributed by atoms with Crippen LogP contribution in [0, 0.1) is 0 Å². The number of carbonyl (C=O) groups is 2. The van der Waals surface area contributed by atoms with Gasteiger partial charge in [0.1, 0.15) is 11.8 Å². The van der Waals surface area contributed by atoms with Gasteiger partial charge in [-0.25, -0.2) is 0 Å². The van der Waals surface area contributed by atoms with E-state index in [4.69, 9.17) is 27.9 Å². The molecule has 2 aromatic rings. The fraction of sp³-hybridized carbons (Fsp3) is 0.364. The fourth-order valence-electron chi connectivity index (χ4n) is 2.88. The molecule has 0 spiro atoms. The van der Waals surface area contributed by atoms with Gasteiger partial charge in [-0.2, -0.15) is 0 Å². The molecule has 0 aliphatic heterocycles. The van der Waals surface area contributed by atoms with Crippen molar-refractivity contribution in [3.63, 3.8) is 0 Å². The highest BCUT2D eigenvalue weighted by Crippen LogP contribution is 2.23. The number of ether oxygens (including phenoxy) is 1. The van der Waals surface area contributed by atoms with Crippen LogP contribution in [0.1, 0.15) is 31.9 Å². The lowest BCUT2D eigenvalue weighted by atomic mass is 10.1. The van der Waals surface area contributed by atoms with Crippen LogP contribution in [0.15, 0.2) is 42.5 Å². The summed E-state index contributed by atoms with van der Waals surface area (Å²) in [5.74, 6) is 0.307. The molecule has 7 heteroatoms. The summed E-state index contributed by atoms with van der Waals surface area (Å²) >= 11 is 12.0. The quantitative estimate of drug-likeness (QED) is 0.662. The van der Waals surface area contributed by atoms with Gasteiger partial charge in [-0.15, -0.1) is 0 Å². The molecule has 0 radical (unpaired) electrons. The maximum absolute atomic E-state index is 13.1. The van der Waals surface area contributed by atoms with Crippen LogP contribution in [0.25, 0.3) is 0 Å². The van der Waals surface area contributed by atoms with E-state index in [9.17, 15) is 9.59 Å². The zero-order valence-electron chi connectivity index (χ0n) is 17.0. The van der Waals surface area contributed by atoms with Gasteiger partial charge in [-0.1, -0.05) is 41.4 Å². The Balaban J connectivity index is 2.27. The van der Waals surface area contributed by atoms with Crippen molar-refractivity contribution in [2.45, 2.75) is 45.8 Å². The van der Waals surface area contributed by atoms with E-state index in [1.165, 1.54) is 0 Å². The third kappa shape index (κ3) is 6.65. The summed E-state index contributed by atoms with van der Waals surface area (Å²) in [6.07, 6.45) is 0.111. The molecule has 0 saturated heterocycles. The average Bonchev–Trinajstić information content (AvgIpc) is 2.68. The molecule has 0 fully saturated rings. The third-order valence-corrected chi connectivity index (χ3v) is 5.16. The van der Waals surface area contributed by atoms with Gasteiger partial charge >= 0.3 is 0 Å². The Bertz CT molecular complexity index is 871. The number of methoxy groups -OCH3 is 1. The van der Waals surface area contributed by atoms with Crippen LogP contribution in [0.3, 0.4) is 0 Å². The molecular weight excluding hydrogens is 411 g/mol. The minimum Gasteiger partial charge on any atom is -0.497 e. The molecule has 5 nitrogen and oxygen atoms in total. The highest BCUT2D eigenvalue weighted by Gasteiger charge is 2.26. The van der Waals surface area contributed by atoms with E-state index in [2.05, 4.69) is 5.32 Å². The molecule has 29 heavy (non-hydrogen) atoms. The molecule has 156 valence electrons. The van der Waals surface area contributed by atoms with E-state index in [1.54, 1.807) is 37.1 Å². The van der Waals surface area contributed by atoms with Crippen LogP contribution in [0.5, 0.6) is 5.75 Å². The molecule has 0 aromatic heterocycles. The summed E-state index contributed by atoms with van der Waals surface area (Å²) in [4.78, 5) is 27.3. The lowest BCUT2D eigenvalue weighted by Crippen LogP contribution is -2.49. The summed E-state index contributed by atoms with van der Waals surface area (Å²) in [5.41, 5.74) is 1.60. The first-order valence-electron chi connectivity index (χ1n) is 9.38. The number of hydrogen-bond donors (Lipinski definition) is 1. The number of carbonyl (C=O) groups excluding carboxylic acids is 2. The van der Waals surface area contributed by atoms with Crippen molar-refractivity contribution in [2.24, 2.45) is 0 Å². The number of halogens is 2. The number of benzene rings is 2. The largest absolute Gasteiger partial charge is 0.497 e. The molecule has 0 bridgehead atoms. The number of nitrogens with zero attached hydrogens (tertiary/aromatic N) is 1. The molecule has 0 aliphatic rings. The Morgan fingerprint density at radius 3 is 2.38 bits per heavy atom. The van der Waals surface area contributed by atoms with Crippen LogP contribution >= 0.6 is 23.2 Å². The third-order valence-electron chi connectivity index (χ3n) is 4.42. The van der Waals surface area contributed by atoms with Crippen molar-refractivity contribution >= 4 is 35.0 Å². The van der Waals surface area contributed by atoms with Crippen molar-refractivity contribution in [3.05, 3.63) is 63.6 Å². The summed E-state index contributed by atoms with van der Waals surface area (Å²) in [5, 5.41) is 3.69. The van der Waals surface area contributed by atoms with Crippen LogP contribution in [-0.2, 0) is 22.6 Å². The highest BCUT2D eigenvalue weighted by atomic mass is 35.5. The predicted octanol–water partition coefficient (Wildman–Crippen LogP) is 4.49. The molecule has 0 aliphatic carbocycles. The van der Waals surface area contributed by atoms with E-state index >= 15 is 0 Å². The summed E-state index contributed by atoms with van der Waals surface area (Å²) < 4.78 is 5.27. The molecule has 0 saturated carbocycles. The summed E-state index contributed by atoms with van der Waals surface area (Å²) in [6.45, 7) is 5.78. The molecule has 2 amide bonds. The van der Waals surface area contributed by atoms with E-state index in [0.717, 1.165) is 11.1 Å². The molecule has 0 heterocycles. The molecule has 2 aromatic carbocycles. The van der Waals surface area contributed by atoms with Gasteiger partial charge in [-0.05, 0) is 56.2 Å². The molecule has 2 rings (SSSR count). The van der Waals surface area contributed by atoms with E-state index < -0.39 is 6.04 Å². The summed E-state index contributed by atoms with van der Waals surface area (Å²) in [6, 6.07) is 11.9. The van der Waals surface area contributed by atoms with Crippen molar-refractivity contribution in [1.82, 2.24) is 10.2 Å². The van der Waals surface area contributed by atoms with Gasteiger partial charge < -0.3 is 15.0 Å². The maximum Gasteiger partial charge on any atom is 0.242 e. The number of nitrogens with one attached hydrogen (secondary N) is 1. The SMILES string of the molecule is COc1cccc(CN(C(=O)Cc2ccc(Cl)c(Cl)c2)[C@@H](C)C(=O)NC(C)C)c1. The normalized spacial score (nSPS) is 11.8. The first kappa shape index (κ1) is 23.0. The van der Waals surface area contributed by atoms with Crippen molar-refractivity contribution in [2.75, 3.05) is 7.11 Å². The van der Waals surface area contributed by atoms with Crippen molar-refractivity contribution < 1.29 is 14.3 Å². The van der Waals surface area contributed by atoms with Crippen molar-refractivity contribution in [3.8, 4) is 5.75 Å². The van der Waals surface area contributed by atoms with Crippen LogP contribution in [0.2, 0.25) is 10.0 Å². The topological polar surface area (TPSA) is 58.6 Å². The Hall–Kier alpha value is -2.24. The lowest BCUT2D eigenvalue weighted by Gasteiger charge is -2.29. The molecule has 1 atom stereocenters. The Labute approximate surface area is 181 Å². The van der Waals surface area contributed by atoms with Gasteiger partial charge in [-0.3, -0.25) is 9.59 Å². The number of amides is 2. The zero-order chi connectivity index (χ0) is 21.6. The van der Waals surface area contributed by atoms with Crippen LogP contribution in [0.4, 0.5) is 0 Å². The van der Waals surface area contributed by atoms with Gasteiger partial charge in [0.25, 0.3) is 0 Å². The van der Waals surface area contributed by atoms with Gasteiger partial charge in [0.05, 0.1) is 23.6 Å². The average molecular weight is 437 g/mol. The minimum absolute atomic E-state index is 0.0196. The predicted molar refractivity (Wildman–Crippen MR) is 116 cm³/mol. The Morgan fingerprint density at radius 2 is 1.76 bits per heavy atom. The smallest absolute Gasteiger partial charge is 0.242 e. The van der Waals surface area contributed by atoms with Crippen LogP contribution in [-0.4, -0.2) is 35.9 Å². The lowest BCUT2D eigenvalue weighted by molar-refractivity contribution is -0.140. The first-order chi connectivity index (χ1) is 13.7. The van der Waals surface area contributed by atoms with Gasteiger partial charge in [0, 0.05) is 12.6 Å². The van der Waals surface area contributed by atoms with E-state index in [1.807, 2.05) is 38.1 Å². The second-order valence-electron chi connectivity index (χ2n) is 7.14. The van der Waals surface area contributed by atoms with Gasteiger partial charge in [0.15, 0.2) is 0 Å². The van der Waals surface area contributed by atoms with Gasteiger partial charge in [0.2, 0.25) is 11.8 Å². The first-order valence-corrected chi connectivity index (χ1v) is 10.1. The number of hydrogen-bond acceptors (Lipinski definition) is 3. The Morgan fingerprint density at radius 1 is 1.03 bits per heavy atom. The maximum atomic E-state index is 13.1. The summed E-state index contributed by atoms with van der Waals surface area (Å²) in [7, 11) is 1.59. The minimum atomic E-state index is -0.640. The monoisotopic (exact) mass is 436 g/mol. The van der Waals surface area contributed by atoms with E-state index in [-0.39, 0.29) is 30.8 Å². The second-order valence-corrected chi connectivity index (χ2v) is 7.95. The zero-order valence-corrected chi connectivity index (χ0v) is 18.6. The highest BCUT2D eigenvalue weighted by molar-refractivity contribution is 6.42. The second kappa shape index (κ2) is 10.5. The molecular formula is C22H26Cl2N2O3.